The minimum atomic E-state index is -0.754. The Hall–Kier alpha value is -0.100. The molecule has 2 nitrogen and oxygen atoms in total. The van der Waals surface area contributed by atoms with Crippen molar-refractivity contribution in [2.24, 2.45) is 0 Å². The average Bonchev–Trinajstić information content (AvgIpc) is 2.07. The van der Waals surface area contributed by atoms with Gasteiger partial charge >= 0.3 is 5.97 Å². The van der Waals surface area contributed by atoms with Crippen LogP contribution >= 0.6 is 38.5 Å². The molecular formula is C9H8BrIO2. The summed E-state index contributed by atoms with van der Waals surface area (Å²) in [5.41, 5.74) is 1.08. The van der Waals surface area contributed by atoms with Crippen molar-refractivity contribution < 1.29 is 9.90 Å². The number of hydrogen-bond donors (Lipinski definition) is 1. The van der Waals surface area contributed by atoms with Gasteiger partial charge in [0.15, 0.2) is 0 Å². The quantitative estimate of drug-likeness (QED) is 0.847. The van der Waals surface area contributed by atoms with Crippen molar-refractivity contribution in [3.63, 3.8) is 0 Å². The summed E-state index contributed by atoms with van der Waals surface area (Å²) in [5, 5.41) is 8.52. The van der Waals surface area contributed by atoms with E-state index in [1.165, 1.54) is 0 Å². The molecule has 1 aromatic carbocycles. The molecule has 0 atom stereocenters. The molecule has 0 spiro atoms. The third-order valence-corrected chi connectivity index (χ3v) is 4.32. The number of aliphatic carboxylic acids is 1. The topological polar surface area (TPSA) is 37.3 Å². The van der Waals surface area contributed by atoms with E-state index in [1.54, 1.807) is 0 Å². The molecule has 0 aliphatic carbocycles. The number of carboxylic acid groups (broad SMARTS) is 1. The molecule has 0 fully saturated rings. The van der Waals surface area contributed by atoms with E-state index in [2.05, 4.69) is 38.5 Å². The Kier molecular flexibility index (Phi) is 4.18. The molecule has 0 saturated heterocycles. The standard InChI is InChI=1S/C9H8BrIO2/c10-7-3-1-2-6(9(7)11)4-5-8(12)13/h1-3H,4-5H2,(H,12,13). The van der Waals surface area contributed by atoms with Gasteiger partial charge in [0.05, 0.1) is 0 Å². The maximum absolute atomic E-state index is 10.4. The Morgan fingerprint density at radius 3 is 2.85 bits per heavy atom. The van der Waals surface area contributed by atoms with Crippen LogP contribution in [0.25, 0.3) is 0 Å². The largest absolute Gasteiger partial charge is 0.481 e. The highest BCUT2D eigenvalue weighted by atomic mass is 127. The van der Waals surface area contributed by atoms with E-state index < -0.39 is 5.97 Å². The van der Waals surface area contributed by atoms with E-state index in [0.717, 1.165) is 13.6 Å². The summed E-state index contributed by atoms with van der Waals surface area (Å²) in [6.45, 7) is 0. The first-order valence-electron chi connectivity index (χ1n) is 3.76. The van der Waals surface area contributed by atoms with Crippen LogP contribution < -0.4 is 0 Å². The molecule has 0 heterocycles. The molecule has 0 saturated carbocycles. The van der Waals surface area contributed by atoms with E-state index in [-0.39, 0.29) is 6.42 Å². The van der Waals surface area contributed by atoms with Gasteiger partial charge in [-0.1, -0.05) is 12.1 Å². The third-order valence-electron chi connectivity index (χ3n) is 1.64. The second kappa shape index (κ2) is 4.95. The van der Waals surface area contributed by atoms with E-state index in [1.807, 2.05) is 18.2 Å². The summed E-state index contributed by atoms with van der Waals surface area (Å²) in [6, 6.07) is 5.82. The number of aryl methyl sites for hydroxylation is 1. The SMILES string of the molecule is O=C(O)CCc1cccc(Br)c1I. The lowest BCUT2D eigenvalue weighted by Gasteiger charge is -2.03. The molecule has 0 aromatic heterocycles. The van der Waals surface area contributed by atoms with Gasteiger partial charge in [-0.15, -0.1) is 0 Å². The number of carbonyl (C=O) groups is 1. The fraction of sp³-hybridized carbons (Fsp3) is 0.222. The summed E-state index contributed by atoms with van der Waals surface area (Å²) in [4.78, 5) is 10.4. The van der Waals surface area contributed by atoms with Crippen LogP contribution in [0.4, 0.5) is 0 Å². The molecule has 1 aromatic rings. The van der Waals surface area contributed by atoms with Crippen molar-refractivity contribution in [2.45, 2.75) is 12.8 Å². The number of carboxylic acids is 1. The van der Waals surface area contributed by atoms with Crippen molar-refractivity contribution in [1.29, 1.82) is 0 Å². The lowest BCUT2D eigenvalue weighted by atomic mass is 10.1. The van der Waals surface area contributed by atoms with E-state index in [9.17, 15) is 4.79 Å². The Morgan fingerprint density at radius 1 is 1.54 bits per heavy atom. The summed E-state index contributed by atoms with van der Waals surface area (Å²) in [7, 11) is 0. The van der Waals surface area contributed by atoms with Gasteiger partial charge in [-0.3, -0.25) is 4.79 Å². The van der Waals surface area contributed by atoms with Gasteiger partial charge in [-0.25, -0.2) is 0 Å². The van der Waals surface area contributed by atoms with Crippen LogP contribution in [-0.4, -0.2) is 11.1 Å². The van der Waals surface area contributed by atoms with Crippen molar-refractivity contribution in [1.82, 2.24) is 0 Å². The molecule has 1 rings (SSSR count). The highest BCUT2D eigenvalue weighted by Gasteiger charge is 2.04. The van der Waals surface area contributed by atoms with Crippen LogP contribution in [0, 0.1) is 3.57 Å². The van der Waals surface area contributed by atoms with Gasteiger partial charge < -0.3 is 5.11 Å². The van der Waals surface area contributed by atoms with E-state index in [0.29, 0.717) is 6.42 Å². The zero-order chi connectivity index (χ0) is 9.84. The highest BCUT2D eigenvalue weighted by molar-refractivity contribution is 14.1. The van der Waals surface area contributed by atoms with Gasteiger partial charge in [0.2, 0.25) is 0 Å². The average molecular weight is 355 g/mol. The Balaban J connectivity index is 2.77. The monoisotopic (exact) mass is 354 g/mol. The summed E-state index contributed by atoms with van der Waals surface area (Å²) in [5.74, 6) is -0.754. The molecule has 0 bridgehead atoms. The predicted octanol–water partition coefficient (Wildman–Crippen LogP) is 3.07. The summed E-state index contributed by atoms with van der Waals surface area (Å²) < 4.78 is 2.12. The molecule has 0 radical (unpaired) electrons. The van der Waals surface area contributed by atoms with Gasteiger partial charge in [0, 0.05) is 14.5 Å². The van der Waals surface area contributed by atoms with Crippen LogP contribution in [-0.2, 0) is 11.2 Å². The van der Waals surface area contributed by atoms with Gasteiger partial charge in [-0.05, 0) is 56.6 Å². The molecular weight excluding hydrogens is 347 g/mol. The van der Waals surface area contributed by atoms with Crippen LogP contribution in [0.3, 0.4) is 0 Å². The van der Waals surface area contributed by atoms with Gasteiger partial charge in [-0.2, -0.15) is 0 Å². The van der Waals surface area contributed by atoms with Crippen LogP contribution in [0.15, 0.2) is 22.7 Å². The smallest absolute Gasteiger partial charge is 0.303 e. The Labute approximate surface area is 98.6 Å². The lowest BCUT2D eigenvalue weighted by molar-refractivity contribution is -0.136. The normalized spacial score (nSPS) is 10.0. The van der Waals surface area contributed by atoms with Crippen molar-refractivity contribution in [2.75, 3.05) is 0 Å². The first kappa shape index (κ1) is 11.0. The molecule has 13 heavy (non-hydrogen) atoms. The third kappa shape index (κ3) is 3.27. The zero-order valence-corrected chi connectivity index (χ0v) is 10.5. The number of halogens is 2. The minimum absolute atomic E-state index is 0.187. The van der Waals surface area contributed by atoms with E-state index >= 15 is 0 Å². The lowest BCUT2D eigenvalue weighted by Crippen LogP contribution is -1.99. The van der Waals surface area contributed by atoms with Crippen molar-refractivity contribution in [3.8, 4) is 0 Å². The second-order valence-electron chi connectivity index (χ2n) is 2.61. The summed E-state index contributed by atoms with van der Waals surface area (Å²) >= 11 is 5.61. The summed E-state index contributed by atoms with van der Waals surface area (Å²) in [6.07, 6.45) is 0.777. The van der Waals surface area contributed by atoms with Crippen molar-refractivity contribution in [3.05, 3.63) is 31.8 Å². The number of hydrogen-bond acceptors (Lipinski definition) is 1. The molecule has 1 N–H and O–H groups in total. The zero-order valence-electron chi connectivity index (χ0n) is 6.76. The molecule has 4 heteroatoms. The Bertz CT molecular complexity index is 325. The Morgan fingerprint density at radius 2 is 2.23 bits per heavy atom. The van der Waals surface area contributed by atoms with E-state index in [4.69, 9.17) is 5.11 Å². The van der Waals surface area contributed by atoms with Crippen molar-refractivity contribution >= 4 is 44.5 Å². The van der Waals surface area contributed by atoms with Crippen LogP contribution in [0.5, 0.6) is 0 Å². The first-order valence-corrected chi connectivity index (χ1v) is 5.63. The van der Waals surface area contributed by atoms with Gasteiger partial charge in [0.25, 0.3) is 0 Å². The first-order chi connectivity index (χ1) is 6.11. The molecule has 0 unspecified atom stereocenters. The highest BCUT2D eigenvalue weighted by Crippen LogP contribution is 2.23. The fourth-order valence-electron chi connectivity index (χ4n) is 0.983. The number of rotatable bonds is 3. The minimum Gasteiger partial charge on any atom is -0.481 e. The van der Waals surface area contributed by atoms with Gasteiger partial charge in [0.1, 0.15) is 0 Å². The molecule has 0 amide bonds. The number of benzene rings is 1. The van der Waals surface area contributed by atoms with Crippen LogP contribution in [0.1, 0.15) is 12.0 Å². The molecule has 0 aliphatic heterocycles. The van der Waals surface area contributed by atoms with Crippen LogP contribution in [0.2, 0.25) is 0 Å². The fourth-order valence-corrected chi connectivity index (χ4v) is 2.02. The predicted molar refractivity (Wildman–Crippen MR) is 62.8 cm³/mol. The maximum atomic E-state index is 10.4. The maximum Gasteiger partial charge on any atom is 0.303 e. The molecule has 70 valence electrons. The second-order valence-corrected chi connectivity index (χ2v) is 4.54. The molecule has 0 aliphatic rings.